The average Bonchev–Trinajstić information content (AvgIpc) is 3.42. The Hall–Kier alpha value is -6.61. The summed E-state index contributed by atoms with van der Waals surface area (Å²) < 4.78 is 16.1. The quantitative estimate of drug-likeness (QED) is 0.168. The summed E-state index contributed by atoms with van der Waals surface area (Å²) in [6, 6.07) is 66.2. The second-order valence-corrected chi connectivity index (χ2v) is 16.0. The molecular weight excluding hydrogens is 666 g/mol. The fraction of sp³-hybridized carbons (Fsp3) is 0. The third-order valence-electron chi connectivity index (χ3n) is 10.3. The smallest absolute Gasteiger partial charge is 0.172 e. The Kier molecular flexibility index (Phi) is 7.38. The van der Waals surface area contributed by atoms with E-state index in [1.54, 1.807) is 0 Å². The molecule has 0 N–H and O–H groups in total. The lowest BCUT2D eigenvalue weighted by Crippen LogP contribution is -2.18. The zero-order chi connectivity index (χ0) is 35.4. The normalized spacial score (nSPS) is 15.6. The van der Waals surface area contributed by atoms with E-state index in [-0.39, 0.29) is 0 Å². The zero-order valence-electron chi connectivity index (χ0n) is 28.7. The molecule has 0 aliphatic carbocycles. The number of nitrogens with zero attached hydrogens (tertiary/aromatic N) is 3. The Morgan fingerprint density at radius 3 is 1.64 bits per heavy atom. The molecule has 0 bridgehead atoms. The lowest BCUT2D eigenvalue weighted by molar-refractivity contribution is 0.593. The molecule has 53 heavy (non-hydrogen) atoms. The Balaban J connectivity index is 1.23. The SMILES string of the molecule is O=P1(c2ccccc2)C2=C(c3ccccc3N(c3cc(-c4ccc(-c5ccccc5)cc4)nc(-c4ccccc4)n3)c3ccccc32)c2ccccc21. The van der Waals surface area contributed by atoms with Crippen molar-refractivity contribution in [3.05, 3.63) is 211 Å². The first kappa shape index (κ1) is 31.2. The van der Waals surface area contributed by atoms with Crippen molar-refractivity contribution in [2.45, 2.75) is 0 Å². The summed E-state index contributed by atoms with van der Waals surface area (Å²) in [5, 5.41) is 2.57. The molecule has 2 aliphatic heterocycles. The van der Waals surface area contributed by atoms with Gasteiger partial charge in [0.05, 0.1) is 17.1 Å². The number of anilines is 3. The summed E-state index contributed by atoms with van der Waals surface area (Å²) in [7, 11) is -3.30. The Labute approximate surface area is 308 Å². The van der Waals surface area contributed by atoms with Gasteiger partial charge in [0.25, 0.3) is 0 Å². The van der Waals surface area contributed by atoms with Crippen LogP contribution < -0.4 is 15.5 Å². The van der Waals surface area contributed by atoms with Crippen molar-refractivity contribution in [3.8, 4) is 33.8 Å². The lowest BCUT2D eigenvalue weighted by atomic mass is 9.95. The minimum Gasteiger partial charge on any atom is -0.309 e. The second-order valence-electron chi connectivity index (χ2n) is 13.3. The van der Waals surface area contributed by atoms with E-state index in [0.29, 0.717) is 5.82 Å². The highest BCUT2D eigenvalue weighted by Crippen LogP contribution is 2.68. The number of rotatable bonds is 5. The van der Waals surface area contributed by atoms with E-state index in [9.17, 15) is 0 Å². The van der Waals surface area contributed by atoms with Crippen molar-refractivity contribution < 1.29 is 4.57 Å². The van der Waals surface area contributed by atoms with Gasteiger partial charge in [-0.15, -0.1) is 0 Å². The molecular formula is C48H32N3OP. The van der Waals surface area contributed by atoms with E-state index in [1.165, 1.54) is 5.56 Å². The molecule has 0 amide bonds. The largest absolute Gasteiger partial charge is 0.309 e. The summed E-state index contributed by atoms with van der Waals surface area (Å²) in [6.07, 6.45) is 0. The first-order valence-electron chi connectivity index (χ1n) is 17.8. The van der Waals surface area contributed by atoms with E-state index in [4.69, 9.17) is 9.97 Å². The molecule has 0 spiro atoms. The molecule has 4 nitrogen and oxygen atoms in total. The molecule has 250 valence electrons. The van der Waals surface area contributed by atoms with Crippen LogP contribution in [0.4, 0.5) is 17.2 Å². The highest BCUT2D eigenvalue weighted by atomic mass is 31.2. The molecule has 0 saturated heterocycles. The van der Waals surface area contributed by atoms with Crippen molar-refractivity contribution in [3.63, 3.8) is 0 Å². The van der Waals surface area contributed by atoms with Crippen LogP contribution in [0, 0.1) is 0 Å². The van der Waals surface area contributed by atoms with Gasteiger partial charge in [0.15, 0.2) is 13.0 Å². The molecule has 7 aromatic carbocycles. The monoisotopic (exact) mass is 697 g/mol. The summed E-state index contributed by atoms with van der Waals surface area (Å²) in [5.74, 6) is 1.36. The van der Waals surface area contributed by atoms with E-state index >= 15 is 4.57 Å². The van der Waals surface area contributed by atoms with Gasteiger partial charge in [-0.05, 0) is 28.8 Å². The predicted octanol–water partition coefficient (Wildman–Crippen LogP) is 11.5. The van der Waals surface area contributed by atoms with E-state index in [2.05, 4.69) is 120 Å². The zero-order valence-corrected chi connectivity index (χ0v) is 29.6. The summed E-state index contributed by atoms with van der Waals surface area (Å²) in [6.45, 7) is 0. The molecule has 3 heterocycles. The van der Waals surface area contributed by atoms with Crippen molar-refractivity contribution >= 4 is 45.8 Å². The van der Waals surface area contributed by atoms with E-state index < -0.39 is 7.14 Å². The highest BCUT2D eigenvalue weighted by molar-refractivity contribution is 7.88. The molecule has 1 unspecified atom stereocenters. The number of hydrogen-bond acceptors (Lipinski definition) is 4. The van der Waals surface area contributed by atoms with Crippen molar-refractivity contribution in [1.82, 2.24) is 9.97 Å². The van der Waals surface area contributed by atoms with Crippen LogP contribution >= 0.6 is 7.14 Å². The number of aromatic nitrogens is 2. The van der Waals surface area contributed by atoms with Crippen LogP contribution in [0.25, 0.3) is 44.7 Å². The van der Waals surface area contributed by atoms with Crippen LogP contribution in [0.3, 0.4) is 0 Å². The summed E-state index contributed by atoms with van der Waals surface area (Å²) >= 11 is 0. The molecule has 2 aliphatic rings. The van der Waals surface area contributed by atoms with Crippen molar-refractivity contribution in [2.24, 2.45) is 0 Å². The molecule has 0 radical (unpaired) electrons. The Bertz CT molecular complexity index is 2740. The van der Waals surface area contributed by atoms with Crippen molar-refractivity contribution in [1.29, 1.82) is 0 Å². The molecule has 0 saturated carbocycles. The van der Waals surface area contributed by atoms with Crippen LogP contribution in [0.15, 0.2) is 194 Å². The summed E-state index contributed by atoms with van der Waals surface area (Å²) in [4.78, 5) is 12.7. The van der Waals surface area contributed by atoms with E-state index in [0.717, 1.165) is 77.8 Å². The summed E-state index contributed by atoms with van der Waals surface area (Å²) in [5.41, 5.74) is 10.9. The van der Waals surface area contributed by atoms with Gasteiger partial charge in [0, 0.05) is 49.8 Å². The molecule has 0 fully saturated rings. The fourth-order valence-electron chi connectivity index (χ4n) is 7.85. The van der Waals surface area contributed by atoms with Crippen molar-refractivity contribution in [2.75, 3.05) is 4.90 Å². The lowest BCUT2D eigenvalue weighted by Gasteiger charge is -2.28. The predicted molar refractivity (Wildman–Crippen MR) is 219 cm³/mol. The maximum absolute atomic E-state index is 16.1. The van der Waals surface area contributed by atoms with Gasteiger partial charge in [0.2, 0.25) is 0 Å². The van der Waals surface area contributed by atoms with E-state index in [1.807, 2.05) is 78.9 Å². The highest BCUT2D eigenvalue weighted by Gasteiger charge is 2.46. The second kappa shape index (κ2) is 12.6. The third-order valence-corrected chi connectivity index (χ3v) is 13.4. The third kappa shape index (κ3) is 5.03. The van der Waals surface area contributed by atoms with Crippen LogP contribution in [0.1, 0.15) is 16.7 Å². The van der Waals surface area contributed by atoms with Crippen LogP contribution in [-0.4, -0.2) is 9.97 Å². The number of fused-ring (bicyclic) bond motifs is 6. The first-order valence-corrected chi connectivity index (χ1v) is 19.5. The standard InChI is InChI=1S/C48H32N3OP/c52-53(37-20-8-3-9-21-37)44-27-15-12-24-40(44)46-38-22-10-13-25-42(38)51(43-26-14-11-23-39(43)47(46)53)45-32-41(49-48(50-45)36-18-6-2-7-19-36)35-30-28-34(29-31-35)33-16-4-1-5-17-33/h1-32H. The minimum atomic E-state index is -3.30. The molecule has 5 heteroatoms. The minimum absolute atomic E-state index is 0.630. The molecule has 8 aromatic rings. The maximum Gasteiger partial charge on any atom is 0.172 e. The van der Waals surface area contributed by atoms with Crippen LogP contribution in [0.5, 0.6) is 0 Å². The molecule has 1 aromatic heterocycles. The van der Waals surface area contributed by atoms with Gasteiger partial charge >= 0.3 is 0 Å². The number of hydrogen-bond donors (Lipinski definition) is 0. The van der Waals surface area contributed by atoms with Gasteiger partial charge < -0.3 is 4.57 Å². The topological polar surface area (TPSA) is 46.1 Å². The van der Waals surface area contributed by atoms with Crippen LogP contribution in [0.2, 0.25) is 0 Å². The number of para-hydroxylation sites is 2. The maximum atomic E-state index is 16.1. The Morgan fingerprint density at radius 1 is 0.434 bits per heavy atom. The van der Waals surface area contributed by atoms with Gasteiger partial charge in [0.1, 0.15) is 5.82 Å². The average molecular weight is 698 g/mol. The molecule has 10 rings (SSSR count). The van der Waals surface area contributed by atoms with Gasteiger partial charge in [-0.1, -0.05) is 176 Å². The first-order chi connectivity index (χ1) is 26.2. The van der Waals surface area contributed by atoms with Gasteiger partial charge in [-0.3, -0.25) is 4.90 Å². The van der Waals surface area contributed by atoms with Gasteiger partial charge in [-0.2, -0.15) is 0 Å². The van der Waals surface area contributed by atoms with Crippen LogP contribution in [-0.2, 0) is 4.57 Å². The Morgan fingerprint density at radius 2 is 0.943 bits per heavy atom. The number of benzene rings is 7. The fourth-order valence-corrected chi connectivity index (χ4v) is 11.1. The molecule has 1 atom stereocenters. The van der Waals surface area contributed by atoms with Gasteiger partial charge in [-0.25, -0.2) is 9.97 Å².